The third-order valence-electron chi connectivity index (χ3n) is 3.59. The van der Waals surface area contributed by atoms with E-state index in [0.29, 0.717) is 15.1 Å². The zero-order valence-electron chi connectivity index (χ0n) is 15.6. The third-order valence-corrected chi connectivity index (χ3v) is 6.19. The number of nitrogens with two attached hydrogens (primary N) is 1. The molecule has 4 atom stereocenters. The molecule has 2 aromatic heterocycles. The van der Waals surface area contributed by atoms with E-state index in [0.717, 1.165) is 11.8 Å². The van der Waals surface area contributed by atoms with Crippen molar-refractivity contribution in [2.24, 2.45) is 5.73 Å². The number of nitrogens with one attached hydrogen (secondary N) is 1. The van der Waals surface area contributed by atoms with Gasteiger partial charge >= 0.3 is 0 Å². The lowest BCUT2D eigenvalue weighted by Crippen LogP contribution is -2.42. The fourth-order valence-corrected chi connectivity index (χ4v) is 4.17. The van der Waals surface area contributed by atoms with Crippen molar-refractivity contribution in [3.05, 3.63) is 44.7 Å². The quantitative estimate of drug-likeness (QED) is 0.244. The second-order valence-corrected chi connectivity index (χ2v) is 8.71. The summed E-state index contributed by atoms with van der Waals surface area (Å²) in [7, 11) is 0. The van der Waals surface area contributed by atoms with Crippen LogP contribution in [0.5, 0.6) is 0 Å². The van der Waals surface area contributed by atoms with E-state index in [2.05, 4.69) is 15.3 Å². The summed E-state index contributed by atoms with van der Waals surface area (Å²) >= 11 is 14.1. The molecule has 2 rings (SSSR count). The van der Waals surface area contributed by atoms with Crippen molar-refractivity contribution in [1.82, 2.24) is 15.3 Å². The third kappa shape index (κ3) is 6.97. The Labute approximate surface area is 191 Å². The van der Waals surface area contributed by atoms with E-state index in [1.54, 1.807) is 5.38 Å². The first-order chi connectivity index (χ1) is 14.2. The van der Waals surface area contributed by atoms with Crippen LogP contribution >= 0.6 is 46.3 Å². The number of aromatic nitrogens is 2. The number of nitrogens with zero attached hydrogens (tertiary/aromatic N) is 3. The molecule has 0 amide bonds. The summed E-state index contributed by atoms with van der Waals surface area (Å²) in [5.74, 6) is 0. The summed E-state index contributed by atoms with van der Waals surface area (Å²) in [5.41, 5.74) is 5.22. The molecule has 0 aliphatic carbocycles. The monoisotopic (exact) mass is 491 g/mol. The van der Waals surface area contributed by atoms with Crippen LogP contribution in [0.25, 0.3) is 5.70 Å². The van der Waals surface area contributed by atoms with E-state index in [4.69, 9.17) is 38.9 Å². The van der Waals surface area contributed by atoms with E-state index >= 15 is 0 Å². The SMILES string of the molecule is CC(O)C(CO)OC(Sc1cnc(C#N)c(Cl)c1)C(O)N/C=C(\N)c1nc(Cl)cs1. The van der Waals surface area contributed by atoms with E-state index in [9.17, 15) is 15.3 Å². The van der Waals surface area contributed by atoms with Crippen LogP contribution in [0.15, 0.2) is 28.7 Å². The first-order valence-electron chi connectivity index (χ1n) is 8.43. The van der Waals surface area contributed by atoms with Gasteiger partial charge in [-0.2, -0.15) is 5.26 Å². The Morgan fingerprint density at radius 2 is 2.23 bits per heavy atom. The molecule has 30 heavy (non-hydrogen) atoms. The topological polar surface area (TPSA) is 158 Å². The fraction of sp³-hybridized carbons (Fsp3) is 0.353. The van der Waals surface area contributed by atoms with Gasteiger partial charge < -0.3 is 31.1 Å². The zero-order valence-corrected chi connectivity index (χ0v) is 18.7. The number of hydrogen-bond acceptors (Lipinski definition) is 11. The highest BCUT2D eigenvalue weighted by Gasteiger charge is 2.27. The maximum absolute atomic E-state index is 10.6. The summed E-state index contributed by atoms with van der Waals surface area (Å²) < 4.78 is 5.68. The molecule has 4 unspecified atom stereocenters. The molecule has 0 fully saturated rings. The minimum atomic E-state index is -1.31. The maximum Gasteiger partial charge on any atom is 0.160 e. The summed E-state index contributed by atoms with van der Waals surface area (Å²) in [6.45, 7) is 0.982. The summed E-state index contributed by atoms with van der Waals surface area (Å²) in [6.07, 6.45) is -0.523. The molecule has 13 heteroatoms. The number of rotatable bonds is 10. The van der Waals surface area contributed by atoms with Crippen LogP contribution in [0.4, 0.5) is 0 Å². The molecule has 0 aliphatic heterocycles. The highest BCUT2D eigenvalue weighted by atomic mass is 35.5. The maximum atomic E-state index is 10.6. The van der Waals surface area contributed by atoms with Gasteiger partial charge in [-0.05, 0) is 13.0 Å². The first kappa shape index (κ1) is 24.6. The van der Waals surface area contributed by atoms with Crippen LogP contribution in [-0.4, -0.2) is 55.8 Å². The van der Waals surface area contributed by atoms with Gasteiger partial charge in [0.15, 0.2) is 17.4 Å². The molecule has 9 nitrogen and oxygen atoms in total. The van der Waals surface area contributed by atoms with Crippen LogP contribution in [0.2, 0.25) is 10.2 Å². The highest BCUT2D eigenvalue weighted by Crippen LogP contribution is 2.30. The van der Waals surface area contributed by atoms with Gasteiger partial charge in [0, 0.05) is 22.7 Å². The molecule has 6 N–H and O–H groups in total. The van der Waals surface area contributed by atoms with E-state index in [1.165, 1.54) is 36.7 Å². The predicted molar refractivity (Wildman–Crippen MR) is 116 cm³/mol. The van der Waals surface area contributed by atoms with Crippen LogP contribution in [0, 0.1) is 11.3 Å². The Morgan fingerprint density at radius 1 is 1.50 bits per heavy atom. The molecule has 2 heterocycles. The van der Waals surface area contributed by atoms with Crippen molar-refractivity contribution >= 4 is 52.0 Å². The van der Waals surface area contributed by atoms with Crippen molar-refractivity contribution in [1.29, 1.82) is 5.26 Å². The van der Waals surface area contributed by atoms with Gasteiger partial charge in [-0.25, -0.2) is 9.97 Å². The molecule has 0 saturated heterocycles. The van der Waals surface area contributed by atoms with Gasteiger partial charge in [-0.1, -0.05) is 35.0 Å². The van der Waals surface area contributed by atoms with Gasteiger partial charge in [-0.15, -0.1) is 11.3 Å². The Morgan fingerprint density at radius 3 is 2.77 bits per heavy atom. The van der Waals surface area contributed by atoms with E-state index in [-0.39, 0.29) is 16.4 Å². The molecular weight excluding hydrogens is 473 g/mol. The largest absolute Gasteiger partial charge is 0.395 e. The minimum absolute atomic E-state index is 0.0622. The average Bonchev–Trinajstić information content (AvgIpc) is 3.15. The van der Waals surface area contributed by atoms with E-state index in [1.807, 2.05) is 6.07 Å². The first-order valence-corrected chi connectivity index (χ1v) is 10.9. The number of aliphatic hydroxyl groups excluding tert-OH is 3. The molecule has 0 radical (unpaired) electrons. The molecule has 0 bridgehead atoms. The van der Waals surface area contributed by atoms with Gasteiger partial charge in [0.2, 0.25) is 0 Å². The fourth-order valence-electron chi connectivity index (χ4n) is 2.05. The van der Waals surface area contributed by atoms with Crippen LogP contribution < -0.4 is 11.1 Å². The number of pyridine rings is 1. The number of thioether (sulfide) groups is 1. The smallest absolute Gasteiger partial charge is 0.160 e. The van der Waals surface area contributed by atoms with Crippen molar-refractivity contribution in [2.45, 2.75) is 35.7 Å². The average molecular weight is 492 g/mol. The number of halogens is 2. The number of ether oxygens (including phenoxy) is 1. The normalized spacial score (nSPS) is 15.8. The van der Waals surface area contributed by atoms with Crippen LogP contribution in [0.3, 0.4) is 0 Å². The Bertz CT molecular complexity index is 922. The molecular formula is C17H19Cl2N5O4S2. The molecule has 162 valence electrons. The second-order valence-electron chi connectivity index (χ2n) is 5.88. The number of aliphatic hydroxyl groups is 3. The molecule has 0 spiro atoms. The molecule has 0 aromatic carbocycles. The number of thiazole rings is 1. The molecule has 0 aliphatic rings. The minimum Gasteiger partial charge on any atom is -0.395 e. The lowest BCUT2D eigenvalue weighted by atomic mass is 10.2. The lowest BCUT2D eigenvalue weighted by Gasteiger charge is -2.28. The van der Waals surface area contributed by atoms with Gasteiger partial charge in [0.25, 0.3) is 0 Å². The van der Waals surface area contributed by atoms with Gasteiger partial charge in [-0.3, -0.25) is 0 Å². The Balaban J connectivity index is 2.19. The summed E-state index contributed by atoms with van der Waals surface area (Å²) in [4.78, 5) is 8.46. The van der Waals surface area contributed by atoms with Gasteiger partial charge in [0.1, 0.15) is 22.3 Å². The number of nitriles is 1. The van der Waals surface area contributed by atoms with E-state index < -0.39 is 30.5 Å². The predicted octanol–water partition coefficient (Wildman–Crippen LogP) is 1.76. The lowest BCUT2D eigenvalue weighted by molar-refractivity contribution is -0.0978. The van der Waals surface area contributed by atoms with Crippen LogP contribution in [-0.2, 0) is 4.74 Å². The Hall–Kier alpha value is -1.62. The Kier molecular flexibility index (Phi) is 9.60. The van der Waals surface area contributed by atoms with Crippen molar-refractivity contribution in [3.63, 3.8) is 0 Å². The number of hydrogen-bond donors (Lipinski definition) is 5. The summed E-state index contributed by atoms with van der Waals surface area (Å²) in [6, 6.07) is 3.36. The van der Waals surface area contributed by atoms with Crippen molar-refractivity contribution in [2.75, 3.05) is 6.61 Å². The molecule has 0 saturated carbocycles. The van der Waals surface area contributed by atoms with Gasteiger partial charge in [0.05, 0.1) is 23.4 Å². The van der Waals surface area contributed by atoms with Crippen LogP contribution in [0.1, 0.15) is 17.6 Å². The second kappa shape index (κ2) is 11.7. The highest BCUT2D eigenvalue weighted by molar-refractivity contribution is 7.99. The standard InChI is InChI=1S/C17H19Cl2N5O4S2/c1-8(26)13(6-25)28-17(30-9-2-10(18)12(3-20)22-4-9)15(27)23-5-11(21)16-24-14(19)7-29-16/h2,4-5,7-8,13,15,17,23,25-27H,6,21H2,1H3/b11-5-. The molecule has 2 aromatic rings. The van der Waals surface area contributed by atoms with Crippen molar-refractivity contribution < 1.29 is 20.1 Å². The summed E-state index contributed by atoms with van der Waals surface area (Å²) in [5, 5.41) is 44.0. The van der Waals surface area contributed by atoms with Crippen molar-refractivity contribution in [3.8, 4) is 6.07 Å². The zero-order chi connectivity index (χ0) is 22.3.